The maximum atomic E-state index is 13.8. The van der Waals surface area contributed by atoms with E-state index in [1.165, 1.54) is 17.0 Å². The summed E-state index contributed by atoms with van der Waals surface area (Å²) in [5, 5.41) is 3.48. The number of nitrogens with one attached hydrogen (secondary N) is 1. The minimum absolute atomic E-state index is 0.0314. The molecule has 0 fully saturated rings. The minimum atomic E-state index is -4.10. The zero-order valence-electron chi connectivity index (χ0n) is 21.5. The van der Waals surface area contributed by atoms with E-state index in [0.29, 0.717) is 27.8 Å². The normalized spacial score (nSPS) is 12.0. The lowest BCUT2D eigenvalue weighted by Gasteiger charge is -2.32. The molecule has 3 aromatic carbocycles. The first-order valence-corrected chi connectivity index (χ1v) is 14.4. The van der Waals surface area contributed by atoms with Gasteiger partial charge in [0.25, 0.3) is 10.0 Å². The summed E-state index contributed by atoms with van der Waals surface area (Å²) >= 11 is 12.2. The number of para-hydroxylation sites is 1. The number of nitrogens with zero attached hydrogens (tertiary/aromatic N) is 2. The third-order valence-electron chi connectivity index (χ3n) is 5.99. The fourth-order valence-electron chi connectivity index (χ4n) is 3.77. The number of sulfonamides is 1. The predicted octanol–water partition coefficient (Wildman–Crippen LogP) is 5.44. The fraction of sp³-hybridized carbons (Fsp3) is 0.286. The molecule has 0 unspecified atom stereocenters. The number of benzene rings is 3. The van der Waals surface area contributed by atoms with Crippen molar-refractivity contribution in [3.05, 3.63) is 94.0 Å². The standard InChI is InChI=1S/C28H31Cl2N3O4S/c1-4-16-31-28(35)21(3)32(18-22-12-15-25(29)26(30)17-22)27(34)19-33(23-8-6-5-7-9-23)38(36,37)24-13-10-20(2)11-14-24/h5-15,17,21H,4,16,18-19H2,1-3H3,(H,31,35)/t21-/m1/s1. The lowest BCUT2D eigenvalue weighted by atomic mass is 10.1. The molecule has 0 saturated carbocycles. The van der Waals surface area contributed by atoms with Crippen LogP contribution < -0.4 is 9.62 Å². The molecule has 0 aliphatic heterocycles. The zero-order chi connectivity index (χ0) is 27.9. The molecule has 0 heterocycles. The van der Waals surface area contributed by atoms with Crippen molar-refractivity contribution in [1.29, 1.82) is 0 Å². The van der Waals surface area contributed by atoms with Gasteiger partial charge >= 0.3 is 0 Å². The molecule has 7 nitrogen and oxygen atoms in total. The van der Waals surface area contributed by atoms with Crippen LogP contribution in [-0.4, -0.2) is 44.3 Å². The van der Waals surface area contributed by atoms with Crippen molar-refractivity contribution < 1.29 is 18.0 Å². The van der Waals surface area contributed by atoms with E-state index in [1.807, 2.05) is 13.8 Å². The Labute approximate surface area is 234 Å². The zero-order valence-corrected chi connectivity index (χ0v) is 23.9. The van der Waals surface area contributed by atoms with Crippen molar-refractivity contribution >= 4 is 50.7 Å². The third-order valence-corrected chi connectivity index (χ3v) is 8.51. The van der Waals surface area contributed by atoms with Gasteiger partial charge in [-0.2, -0.15) is 0 Å². The van der Waals surface area contributed by atoms with Gasteiger partial charge in [0.2, 0.25) is 11.8 Å². The summed E-state index contributed by atoms with van der Waals surface area (Å²) in [4.78, 5) is 28.1. The molecule has 0 radical (unpaired) electrons. The number of hydrogen-bond acceptors (Lipinski definition) is 4. The molecule has 0 aliphatic carbocycles. The van der Waals surface area contributed by atoms with E-state index >= 15 is 0 Å². The molecule has 0 spiro atoms. The molecule has 0 aromatic heterocycles. The molecule has 0 bridgehead atoms. The summed E-state index contributed by atoms with van der Waals surface area (Å²) in [6.45, 7) is 5.38. The molecule has 0 saturated heterocycles. The van der Waals surface area contributed by atoms with Gasteiger partial charge < -0.3 is 10.2 Å². The Morgan fingerprint density at radius 3 is 2.21 bits per heavy atom. The summed E-state index contributed by atoms with van der Waals surface area (Å²) in [6.07, 6.45) is 0.732. The number of amides is 2. The Balaban J connectivity index is 2.00. The van der Waals surface area contributed by atoms with Gasteiger partial charge in [0.05, 0.1) is 20.6 Å². The van der Waals surface area contributed by atoms with Crippen LogP contribution in [0.25, 0.3) is 0 Å². The molecule has 1 N–H and O–H groups in total. The molecule has 202 valence electrons. The van der Waals surface area contributed by atoms with Gasteiger partial charge in [0.1, 0.15) is 12.6 Å². The molecule has 38 heavy (non-hydrogen) atoms. The van der Waals surface area contributed by atoms with Crippen molar-refractivity contribution in [3.63, 3.8) is 0 Å². The molecule has 2 amide bonds. The largest absolute Gasteiger partial charge is 0.354 e. The van der Waals surface area contributed by atoms with Crippen LogP contribution in [0.2, 0.25) is 10.0 Å². The van der Waals surface area contributed by atoms with E-state index in [-0.39, 0.29) is 17.3 Å². The Morgan fingerprint density at radius 1 is 0.947 bits per heavy atom. The predicted molar refractivity (Wildman–Crippen MR) is 152 cm³/mol. The van der Waals surface area contributed by atoms with Gasteiger partial charge in [-0.3, -0.25) is 13.9 Å². The van der Waals surface area contributed by atoms with Gasteiger partial charge in [-0.15, -0.1) is 0 Å². The number of aryl methyl sites for hydroxylation is 1. The van der Waals surface area contributed by atoms with Gasteiger partial charge in [0, 0.05) is 13.1 Å². The number of anilines is 1. The van der Waals surface area contributed by atoms with Gasteiger partial charge in [-0.25, -0.2) is 8.42 Å². The average Bonchev–Trinajstić information content (AvgIpc) is 2.91. The molecular weight excluding hydrogens is 545 g/mol. The highest BCUT2D eigenvalue weighted by atomic mass is 35.5. The third kappa shape index (κ3) is 7.28. The van der Waals surface area contributed by atoms with Crippen LogP contribution in [0.15, 0.2) is 77.7 Å². The lowest BCUT2D eigenvalue weighted by Crippen LogP contribution is -2.51. The Hall–Kier alpha value is -3.07. The Morgan fingerprint density at radius 2 is 1.61 bits per heavy atom. The molecule has 3 aromatic rings. The van der Waals surface area contributed by atoms with Crippen molar-refractivity contribution in [2.24, 2.45) is 0 Å². The van der Waals surface area contributed by atoms with Crippen LogP contribution in [-0.2, 0) is 26.2 Å². The van der Waals surface area contributed by atoms with Crippen LogP contribution in [0, 0.1) is 6.92 Å². The summed E-state index contributed by atoms with van der Waals surface area (Å²) in [5.41, 5.74) is 1.89. The van der Waals surface area contributed by atoms with Crippen LogP contribution >= 0.6 is 23.2 Å². The maximum absolute atomic E-state index is 13.8. The van der Waals surface area contributed by atoms with E-state index in [0.717, 1.165) is 16.3 Å². The highest BCUT2D eigenvalue weighted by Gasteiger charge is 2.32. The van der Waals surface area contributed by atoms with Crippen molar-refractivity contribution in [2.45, 2.75) is 44.7 Å². The second-order valence-corrected chi connectivity index (χ2v) is 11.6. The van der Waals surface area contributed by atoms with Crippen molar-refractivity contribution in [3.8, 4) is 0 Å². The average molecular weight is 577 g/mol. The smallest absolute Gasteiger partial charge is 0.264 e. The fourth-order valence-corrected chi connectivity index (χ4v) is 5.51. The van der Waals surface area contributed by atoms with E-state index in [1.54, 1.807) is 67.6 Å². The quantitative estimate of drug-likeness (QED) is 0.330. The van der Waals surface area contributed by atoms with Gasteiger partial charge in [0.15, 0.2) is 0 Å². The number of hydrogen-bond donors (Lipinski definition) is 1. The van der Waals surface area contributed by atoms with Crippen LogP contribution in [0.4, 0.5) is 5.69 Å². The number of rotatable bonds is 11. The SMILES string of the molecule is CCCNC(=O)[C@@H](C)N(Cc1ccc(Cl)c(Cl)c1)C(=O)CN(c1ccccc1)S(=O)(=O)c1ccc(C)cc1. The van der Waals surface area contributed by atoms with Gasteiger partial charge in [-0.1, -0.05) is 72.1 Å². The summed E-state index contributed by atoms with van der Waals surface area (Å²) < 4.78 is 28.5. The molecule has 0 aliphatic rings. The molecule has 1 atom stereocenters. The number of carbonyl (C=O) groups is 2. The van der Waals surface area contributed by atoms with Crippen molar-refractivity contribution in [1.82, 2.24) is 10.2 Å². The monoisotopic (exact) mass is 575 g/mol. The highest BCUT2D eigenvalue weighted by Crippen LogP contribution is 2.26. The Bertz CT molecular complexity index is 1370. The first-order valence-electron chi connectivity index (χ1n) is 12.2. The van der Waals surface area contributed by atoms with E-state index < -0.39 is 28.5 Å². The number of halogens is 2. The molecule has 3 rings (SSSR count). The van der Waals surface area contributed by atoms with Crippen LogP contribution in [0.1, 0.15) is 31.4 Å². The van der Waals surface area contributed by atoms with E-state index in [4.69, 9.17) is 23.2 Å². The molecular formula is C28H31Cl2N3O4S. The topological polar surface area (TPSA) is 86.8 Å². The lowest BCUT2D eigenvalue weighted by molar-refractivity contribution is -0.139. The van der Waals surface area contributed by atoms with E-state index in [9.17, 15) is 18.0 Å². The van der Waals surface area contributed by atoms with Crippen LogP contribution in [0.3, 0.4) is 0 Å². The van der Waals surface area contributed by atoms with Crippen LogP contribution in [0.5, 0.6) is 0 Å². The first-order chi connectivity index (χ1) is 18.0. The minimum Gasteiger partial charge on any atom is -0.354 e. The van der Waals surface area contributed by atoms with Crippen molar-refractivity contribution in [2.75, 3.05) is 17.4 Å². The maximum Gasteiger partial charge on any atom is 0.264 e. The molecule has 10 heteroatoms. The number of carbonyl (C=O) groups excluding carboxylic acids is 2. The van der Waals surface area contributed by atoms with Gasteiger partial charge in [-0.05, 0) is 62.2 Å². The first kappa shape index (κ1) is 29.5. The summed E-state index contributed by atoms with van der Waals surface area (Å²) in [7, 11) is -4.10. The summed E-state index contributed by atoms with van der Waals surface area (Å²) in [6, 6.07) is 18.9. The Kier molecular flexibility index (Phi) is 10.2. The second-order valence-electron chi connectivity index (χ2n) is 8.90. The summed E-state index contributed by atoms with van der Waals surface area (Å²) in [5.74, 6) is -0.886. The van der Waals surface area contributed by atoms with E-state index in [2.05, 4.69) is 5.32 Å². The second kappa shape index (κ2) is 13.1. The highest BCUT2D eigenvalue weighted by molar-refractivity contribution is 7.92.